The molecule has 0 saturated carbocycles. The minimum absolute atomic E-state index is 0.0336. The molecule has 0 aliphatic carbocycles. The lowest BCUT2D eigenvalue weighted by atomic mass is 10.1. The maximum Gasteiger partial charge on any atom is 0.238 e. The van der Waals surface area contributed by atoms with Crippen molar-refractivity contribution in [1.82, 2.24) is 4.90 Å². The van der Waals surface area contributed by atoms with Gasteiger partial charge in [-0.1, -0.05) is 11.6 Å². The molecule has 1 aliphatic heterocycles. The highest BCUT2D eigenvalue weighted by Gasteiger charge is 2.18. The highest BCUT2D eigenvalue weighted by molar-refractivity contribution is 6.30. The third-order valence-corrected chi connectivity index (χ3v) is 3.30. The van der Waals surface area contributed by atoms with Crippen LogP contribution in [0, 0.1) is 0 Å². The summed E-state index contributed by atoms with van der Waals surface area (Å²) >= 11 is 5.77. The Morgan fingerprint density at radius 1 is 1.33 bits per heavy atom. The van der Waals surface area contributed by atoms with Crippen molar-refractivity contribution in [2.24, 2.45) is 0 Å². The van der Waals surface area contributed by atoms with Gasteiger partial charge < -0.3 is 10.4 Å². The summed E-state index contributed by atoms with van der Waals surface area (Å²) in [6.07, 6.45) is 1.28. The third kappa shape index (κ3) is 3.98. The minimum atomic E-state index is -0.208. The molecule has 0 unspecified atom stereocenters. The Kier molecular flexibility index (Phi) is 4.58. The highest BCUT2D eigenvalue weighted by Crippen LogP contribution is 2.14. The van der Waals surface area contributed by atoms with Crippen LogP contribution in [0.15, 0.2) is 24.3 Å². The number of hydrogen-bond donors (Lipinski definition) is 2. The molecule has 98 valence electrons. The van der Waals surface area contributed by atoms with Gasteiger partial charge in [0.05, 0.1) is 12.6 Å². The molecule has 1 aromatic rings. The number of anilines is 1. The van der Waals surface area contributed by atoms with Gasteiger partial charge in [-0.25, -0.2) is 0 Å². The quantitative estimate of drug-likeness (QED) is 0.878. The third-order valence-electron chi connectivity index (χ3n) is 3.05. The van der Waals surface area contributed by atoms with Crippen molar-refractivity contribution in [2.75, 3.05) is 25.0 Å². The number of carbonyl (C=O) groups is 1. The lowest BCUT2D eigenvalue weighted by molar-refractivity contribution is -0.117. The number of rotatable bonds is 3. The van der Waals surface area contributed by atoms with Gasteiger partial charge in [-0.05, 0) is 37.1 Å². The van der Waals surface area contributed by atoms with Gasteiger partial charge in [0.1, 0.15) is 0 Å². The lowest BCUT2D eigenvalue weighted by Gasteiger charge is -2.28. The van der Waals surface area contributed by atoms with Gasteiger partial charge in [-0.3, -0.25) is 9.69 Å². The molecule has 0 aromatic heterocycles. The van der Waals surface area contributed by atoms with E-state index in [2.05, 4.69) is 10.2 Å². The number of likely N-dealkylation sites (tertiary alicyclic amines) is 1. The molecule has 1 amide bonds. The van der Waals surface area contributed by atoms with Crippen molar-refractivity contribution >= 4 is 23.2 Å². The first kappa shape index (κ1) is 13.3. The average Bonchev–Trinajstić information content (AvgIpc) is 2.35. The minimum Gasteiger partial charge on any atom is -0.393 e. The Morgan fingerprint density at radius 2 is 1.94 bits per heavy atom. The second-order valence-electron chi connectivity index (χ2n) is 4.56. The maximum absolute atomic E-state index is 11.8. The summed E-state index contributed by atoms with van der Waals surface area (Å²) in [7, 11) is 0. The molecule has 18 heavy (non-hydrogen) atoms. The fraction of sp³-hybridized carbons (Fsp3) is 0.462. The summed E-state index contributed by atoms with van der Waals surface area (Å²) < 4.78 is 0. The molecule has 0 atom stereocenters. The first-order valence-corrected chi connectivity index (χ1v) is 6.47. The second kappa shape index (κ2) is 6.18. The van der Waals surface area contributed by atoms with Gasteiger partial charge in [-0.15, -0.1) is 0 Å². The molecule has 1 heterocycles. The second-order valence-corrected chi connectivity index (χ2v) is 5.00. The van der Waals surface area contributed by atoms with E-state index in [0.717, 1.165) is 31.6 Å². The Bertz CT molecular complexity index is 400. The summed E-state index contributed by atoms with van der Waals surface area (Å²) in [5.74, 6) is -0.0336. The Hall–Kier alpha value is -1.10. The molecule has 1 aliphatic rings. The van der Waals surface area contributed by atoms with Crippen LogP contribution in [0.4, 0.5) is 5.69 Å². The largest absolute Gasteiger partial charge is 0.393 e. The first-order valence-electron chi connectivity index (χ1n) is 6.09. The molecule has 1 aromatic carbocycles. The summed E-state index contributed by atoms with van der Waals surface area (Å²) in [6, 6.07) is 7.04. The van der Waals surface area contributed by atoms with E-state index in [-0.39, 0.29) is 12.0 Å². The molecule has 4 nitrogen and oxygen atoms in total. The molecule has 2 N–H and O–H groups in total. The molecule has 1 saturated heterocycles. The number of hydrogen-bond acceptors (Lipinski definition) is 3. The van der Waals surface area contributed by atoms with E-state index in [9.17, 15) is 9.90 Å². The summed E-state index contributed by atoms with van der Waals surface area (Å²) in [6.45, 7) is 1.92. The highest BCUT2D eigenvalue weighted by atomic mass is 35.5. The summed E-state index contributed by atoms with van der Waals surface area (Å²) in [5, 5.41) is 12.9. The predicted octanol–water partition coefficient (Wildman–Crippen LogP) is 1.74. The topological polar surface area (TPSA) is 52.6 Å². The van der Waals surface area contributed by atoms with Crippen LogP contribution in [-0.2, 0) is 4.79 Å². The number of piperidine rings is 1. The van der Waals surface area contributed by atoms with Crippen LogP contribution in [0.5, 0.6) is 0 Å². The number of halogens is 1. The molecule has 0 bridgehead atoms. The maximum atomic E-state index is 11.8. The first-order chi connectivity index (χ1) is 8.63. The van der Waals surface area contributed by atoms with E-state index >= 15 is 0 Å². The van der Waals surface area contributed by atoms with Crippen LogP contribution in [0.2, 0.25) is 5.02 Å². The van der Waals surface area contributed by atoms with E-state index in [0.29, 0.717) is 11.6 Å². The van der Waals surface area contributed by atoms with Gasteiger partial charge in [0.25, 0.3) is 0 Å². The van der Waals surface area contributed by atoms with Crippen LogP contribution in [0.1, 0.15) is 12.8 Å². The molecule has 2 rings (SSSR count). The SMILES string of the molecule is O=C(CN1CCC(O)CC1)Nc1ccc(Cl)cc1. The van der Waals surface area contributed by atoms with Crippen LogP contribution in [0.25, 0.3) is 0 Å². The van der Waals surface area contributed by atoms with Gasteiger partial charge in [0.2, 0.25) is 5.91 Å². The number of nitrogens with zero attached hydrogens (tertiary/aromatic N) is 1. The van der Waals surface area contributed by atoms with Crippen molar-refractivity contribution in [3.63, 3.8) is 0 Å². The molecular weight excluding hydrogens is 252 g/mol. The van der Waals surface area contributed by atoms with E-state index in [4.69, 9.17) is 11.6 Å². The van der Waals surface area contributed by atoms with Crippen molar-refractivity contribution in [1.29, 1.82) is 0 Å². The van der Waals surface area contributed by atoms with Crippen LogP contribution in [0.3, 0.4) is 0 Å². The average molecular weight is 269 g/mol. The van der Waals surface area contributed by atoms with Gasteiger partial charge in [-0.2, -0.15) is 0 Å². The number of aliphatic hydroxyl groups excluding tert-OH is 1. The van der Waals surface area contributed by atoms with Crippen LogP contribution < -0.4 is 5.32 Å². The van der Waals surface area contributed by atoms with E-state index in [1.54, 1.807) is 24.3 Å². The number of aliphatic hydroxyl groups is 1. The zero-order chi connectivity index (χ0) is 13.0. The summed E-state index contributed by atoms with van der Waals surface area (Å²) in [4.78, 5) is 13.9. The number of amides is 1. The number of benzene rings is 1. The van der Waals surface area contributed by atoms with Crippen molar-refractivity contribution in [3.05, 3.63) is 29.3 Å². The van der Waals surface area contributed by atoms with Gasteiger partial charge in [0, 0.05) is 23.8 Å². The van der Waals surface area contributed by atoms with Crippen LogP contribution in [-0.4, -0.2) is 41.7 Å². The van der Waals surface area contributed by atoms with Crippen molar-refractivity contribution in [3.8, 4) is 0 Å². The smallest absolute Gasteiger partial charge is 0.238 e. The zero-order valence-corrected chi connectivity index (χ0v) is 10.9. The Morgan fingerprint density at radius 3 is 2.56 bits per heavy atom. The number of carbonyl (C=O) groups excluding carboxylic acids is 1. The normalized spacial score (nSPS) is 17.7. The van der Waals surface area contributed by atoms with Crippen molar-refractivity contribution in [2.45, 2.75) is 18.9 Å². The standard InChI is InChI=1S/C13H17ClN2O2/c14-10-1-3-11(4-2-10)15-13(18)9-16-7-5-12(17)6-8-16/h1-4,12,17H,5-9H2,(H,15,18). The Labute approximate surface area is 112 Å². The van der Waals surface area contributed by atoms with Crippen LogP contribution >= 0.6 is 11.6 Å². The molecule has 0 spiro atoms. The molecule has 5 heteroatoms. The van der Waals surface area contributed by atoms with E-state index in [1.165, 1.54) is 0 Å². The monoisotopic (exact) mass is 268 g/mol. The van der Waals surface area contributed by atoms with E-state index in [1.807, 2.05) is 0 Å². The molecule has 0 radical (unpaired) electrons. The van der Waals surface area contributed by atoms with Gasteiger partial charge in [0.15, 0.2) is 0 Å². The Balaban J connectivity index is 1.80. The predicted molar refractivity (Wildman–Crippen MR) is 71.8 cm³/mol. The lowest BCUT2D eigenvalue weighted by Crippen LogP contribution is -2.40. The zero-order valence-electron chi connectivity index (χ0n) is 10.1. The summed E-state index contributed by atoms with van der Waals surface area (Å²) in [5.41, 5.74) is 0.751. The van der Waals surface area contributed by atoms with E-state index < -0.39 is 0 Å². The fourth-order valence-electron chi connectivity index (χ4n) is 2.01. The fourth-order valence-corrected chi connectivity index (χ4v) is 2.14. The molecular formula is C13H17ClN2O2. The van der Waals surface area contributed by atoms with Gasteiger partial charge >= 0.3 is 0 Å². The van der Waals surface area contributed by atoms with Crippen molar-refractivity contribution < 1.29 is 9.90 Å². The molecule has 1 fully saturated rings. The number of nitrogens with one attached hydrogen (secondary N) is 1.